The smallest absolute Gasteiger partial charge is 0.303 e. The van der Waals surface area contributed by atoms with Gasteiger partial charge in [-0.3, -0.25) is 4.79 Å². The summed E-state index contributed by atoms with van der Waals surface area (Å²) in [4.78, 5) is 10.5. The summed E-state index contributed by atoms with van der Waals surface area (Å²) in [6.45, 7) is 5.67. The van der Waals surface area contributed by atoms with Gasteiger partial charge in [0.05, 0.1) is 11.0 Å². The van der Waals surface area contributed by atoms with Crippen molar-refractivity contribution in [2.24, 2.45) is 0 Å². The molecule has 0 aliphatic heterocycles. The molecule has 0 radical (unpaired) electrons. The molecule has 2 N–H and O–H groups in total. The van der Waals surface area contributed by atoms with Crippen molar-refractivity contribution in [1.82, 2.24) is 4.72 Å². The second-order valence-electron chi connectivity index (χ2n) is 4.99. The van der Waals surface area contributed by atoms with Gasteiger partial charge < -0.3 is 9.84 Å². The number of hydrogen-bond donors (Lipinski definition) is 2. The molecule has 0 aromatic heterocycles. The van der Waals surface area contributed by atoms with Crippen LogP contribution in [0, 0.1) is 6.92 Å². The molecule has 1 aromatic carbocycles. The first-order valence-electron chi connectivity index (χ1n) is 6.71. The van der Waals surface area contributed by atoms with Crippen molar-refractivity contribution in [3.05, 3.63) is 23.8 Å². The Morgan fingerprint density at radius 3 is 2.57 bits per heavy atom. The van der Waals surface area contributed by atoms with Gasteiger partial charge in [0.2, 0.25) is 10.0 Å². The molecule has 21 heavy (non-hydrogen) atoms. The minimum atomic E-state index is -3.62. The van der Waals surface area contributed by atoms with Crippen LogP contribution in [-0.2, 0) is 14.8 Å². The van der Waals surface area contributed by atoms with E-state index in [1.165, 1.54) is 12.1 Å². The number of carbonyl (C=O) groups is 1. The lowest BCUT2D eigenvalue weighted by Gasteiger charge is -2.13. The topological polar surface area (TPSA) is 92.7 Å². The van der Waals surface area contributed by atoms with Gasteiger partial charge in [-0.25, -0.2) is 13.1 Å². The van der Waals surface area contributed by atoms with Crippen LogP contribution in [0.25, 0.3) is 0 Å². The highest BCUT2D eigenvalue weighted by Gasteiger charge is 2.15. The van der Waals surface area contributed by atoms with Crippen LogP contribution >= 0.6 is 0 Å². The summed E-state index contributed by atoms with van der Waals surface area (Å²) in [6.07, 6.45) is 0.199. The molecule has 0 bridgehead atoms. The van der Waals surface area contributed by atoms with Crippen LogP contribution < -0.4 is 9.46 Å². The second-order valence-corrected chi connectivity index (χ2v) is 6.76. The van der Waals surface area contributed by atoms with Crippen LogP contribution in [0.1, 0.15) is 32.3 Å². The molecular weight excluding hydrogens is 294 g/mol. The van der Waals surface area contributed by atoms with E-state index in [9.17, 15) is 13.2 Å². The monoisotopic (exact) mass is 315 g/mol. The van der Waals surface area contributed by atoms with Gasteiger partial charge in [0.25, 0.3) is 0 Å². The van der Waals surface area contributed by atoms with Gasteiger partial charge in [-0.15, -0.1) is 0 Å². The lowest BCUT2D eigenvalue weighted by molar-refractivity contribution is -0.137. The summed E-state index contributed by atoms with van der Waals surface area (Å²) < 4.78 is 32.1. The van der Waals surface area contributed by atoms with Gasteiger partial charge in [0.15, 0.2) is 0 Å². The third kappa shape index (κ3) is 5.73. The Morgan fingerprint density at radius 1 is 1.38 bits per heavy atom. The number of hydrogen-bond acceptors (Lipinski definition) is 4. The fourth-order valence-corrected chi connectivity index (χ4v) is 2.86. The van der Waals surface area contributed by atoms with Crippen molar-refractivity contribution in [2.75, 3.05) is 6.54 Å². The van der Waals surface area contributed by atoms with Crippen LogP contribution in [-0.4, -0.2) is 32.1 Å². The van der Waals surface area contributed by atoms with Gasteiger partial charge in [-0.2, -0.15) is 0 Å². The van der Waals surface area contributed by atoms with Gasteiger partial charge in [-0.05, 0) is 51.0 Å². The summed E-state index contributed by atoms with van der Waals surface area (Å²) in [5, 5.41) is 8.51. The predicted octanol–water partition coefficient (Wildman–Crippen LogP) is 1.93. The molecule has 0 spiro atoms. The normalized spacial score (nSPS) is 11.6. The lowest BCUT2D eigenvalue weighted by Crippen LogP contribution is -2.25. The first-order valence-corrected chi connectivity index (χ1v) is 8.19. The molecule has 0 aliphatic rings. The van der Waals surface area contributed by atoms with Crippen LogP contribution in [0.2, 0.25) is 0 Å². The Morgan fingerprint density at radius 2 is 2.05 bits per heavy atom. The van der Waals surface area contributed by atoms with E-state index in [0.717, 1.165) is 5.56 Å². The number of ether oxygens (including phenoxy) is 1. The van der Waals surface area contributed by atoms with Gasteiger partial charge in [0, 0.05) is 13.0 Å². The number of benzene rings is 1. The van der Waals surface area contributed by atoms with Gasteiger partial charge in [-0.1, -0.05) is 0 Å². The van der Waals surface area contributed by atoms with Crippen molar-refractivity contribution in [1.29, 1.82) is 0 Å². The maximum Gasteiger partial charge on any atom is 0.303 e. The number of sulfonamides is 1. The van der Waals surface area contributed by atoms with Crippen molar-refractivity contribution in [2.45, 2.75) is 44.6 Å². The average molecular weight is 315 g/mol. The fourth-order valence-electron chi connectivity index (χ4n) is 1.70. The van der Waals surface area contributed by atoms with E-state index >= 15 is 0 Å². The molecule has 0 atom stereocenters. The zero-order valence-electron chi connectivity index (χ0n) is 12.4. The largest absolute Gasteiger partial charge is 0.491 e. The number of aryl methyl sites for hydroxylation is 1. The molecule has 0 saturated carbocycles. The van der Waals surface area contributed by atoms with E-state index in [0.29, 0.717) is 5.75 Å². The molecule has 0 fully saturated rings. The molecule has 1 aromatic rings. The van der Waals surface area contributed by atoms with Crippen LogP contribution in [0.3, 0.4) is 0 Å². The van der Waals surface area contributed by atoms with Gasteiger partial charge in [0.1, 0.15) is 5.75 Å². The summed E-state index contributed by atoms with van der Waals surface area (Å²) in [7, 11) is -3.62. The number of rotatable bonds is 8. The lowest BCUT2D eigenvalue weighted by atomic mass is 10.2. The van der Waals surface area contributed by atoms with Crippen LogP contribution in [0.15, 0.2) is 23.1 Å². The van der Waals surface area contributed by atoms with Crippen LogP contribution in [0.5, 0.6) is 5.75 Å². The Kier molecular flexibility index (Phi) is 6.17. The highest BCUT2D eigenvalue weighted by atomic mass is 32.2. The van der Waals surface area contributed by atoms with Crippen molar-refractivity contribution < 1.29 is 23.1 Å². The highest BCUT2D eigenvalue weighted by molar-refractivity contribution is 7.89. The quantitative estimate of drug-likeness (QED) is 0.715. The van der Waals surface area contributed by atoms with E-state index in [2.05, 4.69) is 4.72 Å². The first kappa shape index (κ1) is 17.5. The molecule has 0 amide bonds. The van der Waals surface area contributed by atoms with Crippen molar-refractivity contribution in [3.63, 3.8) is 0 Å². The first-order chi connectivity index (χ1) is 9.72. The third-order valence-electron chi connectivity index (χ3n) is 2.68. The summed E-state index contributed by atoms with van der Waals surface area (Å²) in [6, 6.07) is 4.64. The number of carboxylic acids is 1. The minimum Gasteiger partial charge on any atom is -0.491 e. The molecule has 0 unspecified atom stereocenters. The average Bonchev–Trinajstić information content (AvgIpc) is 2.36. The van der Waals surface area contributed by atoms with E-state index in [-0.39, 0.29) is 30.4 Å². The number of nitrogens with one attached hydrogen (secondary N) is 1. The van der Waals surface area contributed by atoms with Crippen molar-refractivity contribution >= 4 is 16.0 Å². The van der Waals surface area contributed by atoms with E-state index < -0.39 is 16.0 Å². The molecule has 7 heteroatoms. The molecule has 6 nitrogen and oxygen atoms in total. The predicted molar refractivity (Wildman–Crippen MR) is 79.0 cm³/mol. The van der Waals surface area contributed by atoms with Crippen LogP contribution in [0.4, 0.5) is 0 Å². The third-order valence-corrected chi connectivity index (χ3v) is 4.14. The van der Waals surface area contributed by atoms with Crippen molar-refractivity contribution in [3.8, 4) is 5.75 Å². The Hall–Kier alpha value is -1.60. The fraction of sp³-hybridized carbons (Fsp3) is 0.500. The zero-order chi connectivity index (χ0) is 16.0. The maximum absolute atomic E-state index is 12.1. The van der Waals surface area contributed by atoms with E-state index in [4.69, 9.17) is 9.84 Å². The summed E-state index contributed by atoms with van der Waals surface area (Å²) in [5.74, 6) is -0.296. The molecule has 118 valence electrons. The Balaban J connectivity index is 2.75. The number of aliphatic carboxylic acids is 1. The SMILES string of the molecule is Cc1cc(S(=O)(=O)NCCCC(=O)O)ccc1OC(C)C. The molecule has 1 rings (SSSR count). The summed E-state index contributed by atoms with van der Waals surface area (Å²) in [5.41, 5.74) is 0.733. The molecule has 0 heterocycles. The maximum atomic E-state index is 12.1. The Labute approximate surface area is 125 Å². The second kappa shape index (κ2) is 7.42. The highest BCUT2D eigenvalue weighted by Crippen LogP contribution is 2.22. The van der Waals surface area contributed by atoms with E-state index in [1.807, 2.05) is 13.8 Å². The van der Waals surface area contributed by atoms with Gasteiger partial charge >= 0.3 is 5.97 Å². The summed E-state index contributed by atoms with van der Waals surface area (Å²) >= 11 is 0. The Bertz CT molecular complexity index is 595. The standard InChI is InChI=1S/C14H21NO5S/c1-10(2)20-13-7-6-12(9-11(13)3)21(18,19)15-8-4-5-14(16)17/h6-7,9-10,15H,4-5,8H2,1-3H3,(H,16,17). The molecule has 0 aliphatic carbocycles. The molecule has 0 saturated heterocycles. The van der Waals surface area contributed by atoms with E-state index in [1.54, 1.807) is 13.0 Å². The number of carboxylic acid groups (broad SMARTS) is 1. The minimum absolute atomic E-state index is 0.0142. The molecular formula is C14H21NO5S. The zero-order valence-corrected chi connectivity index (χ0v) is 13.2.